The molecule has 0 heterocycles. The lowest BCUT2D eigenvalue weighted by Crippen LogP contribution is -2.53. The van der Waals surface area contributed by atoms with Crippen molar-refractivity contribution < 1.29 is 41.8 Å². The first-order valence-corrected chi connectivity index (χ1v) is 9.88. The number of methoxy groups -OCH3 is 2. The maximum absolute atomic E-state index is 14.1. The van der Waals surface area contributed by atoms with Crippen LogP contribution in [0.15, 0.2) is 60.7 Å². The molecule has 2 aromatic carbocycles. The van der Waals surface area contributed by atoms with E-state index < -0.39 is 47.2 Å². The van der Waals surface area contributed by atoms with Gasteiger partial charge in [-0.25, -0.2) is 4.79 Å². The number of nitrogens with one attached hydrogen (secondary N) is 1. The smallest absolute Gasteiger partial charge is 0.432 e. The zero-order valence-electron chi connectivity index (χ0n) is 18.2. The van der Waals surface area contributed by atoms with Gasteiger partial charge in [-0.2, -0.15) is 13.2 Å². The molecule has 0 bridgehead atoms. The van der Waals surface area contributed by atoms with Gasteiger partial charge in [0.05, 0.1) is 7.11 Å². The largest absolute Gasteiger partial charge is 0.469 e. The van der Waals surface area contributed by atoms with Gasteiger partial charge in [-0.1, -0.05) is 48.5 Å². The first-order valence-electron chi connectivity index (χ1n) is 9.88. The molecular formula is C23H24F3NO6. The average molecular weight is 467 g/mol. The number of rotatable bonds is 9. The predicted octanol–water partition coefficient (Wildman–Crippen LogP) is 3.24. The highest BCUT2D eigenvalue weighted by atomic mass is 19.4. The van der Waals surface area contributed by atoms with E-state index in [1.54, 1.807) is 30.3 Å². The second-order valence-corrected chi connectivity index (χ2v) is 7.07. The van der Waals surface area contributed by atoms with Gasteiger partial charge in [-0.05, 0) is 19.1 Å². The lowest BCUT2D eigenvalue weighted by atomic mass is 9.92. The molecule has 1 amide bonds. The summed E-state index contributed by atoms with van der Waals surface area (Å²) in [5.74, 6) is -4.42. The second kappa shape index (κ2) is 11.0. The molecule has 0 fully saturated rings. The average Bonchev–Trinajstić information content (AvgIpc) is 2.80. The van der Waals surface area contributed by atoms with E-state index in [1.807, 2.05) is 0 Å². The van der Waals surface area contributed by atoms with Crippen molar-refractivity contribution in [3.8, 4) is 0 Å². The summed E-state index contributed by atoms with van der Waals surface area (Å²) in [4.78, 5) is 37.4. The van der Waals surface area contributed by atoms with E-state index in [4.69, 9.17) is 4.74 Å². The monoisotopic (exact) mass is 467 g/mol. The number of carbonyl (C=O) groups is 3. The molecule has 178 valence electrons. The Morgan fingerprint density at radius 1 is 0.939 bits per heavy atom. The topological polar surface area (TPSA) is 90.9 Å². The minimum absolute atomic E-state index is 0.310. The molecule has 0 radical (unpaired) electrons. The van der Waals surface area contributed by atoms with E-state index in [0.717, 1.165) is 26.4 Å². The van der Waals surface area contributed by atoms with Crippen molar-refractivity contribution >= 4 is 17.8 Å². The molecule has 0 aromatic heterocycles. The second-order valence-electron chi connectivity index (χ2n) is 7.07. The van der Waals surface area contributed by atoms with Crippen molar-refractivity contribution in [2.45, 2.75) is 24.8 Å². The molecular weight excluding hydrogens is 443 g/mol. The Morgan fingerprint density at radius 2 is 1.48 bits per heavy atom. The van der Waals surface area contributed by atoms with Crippen molar-refractivity contribution in [2.24, 2.45) is 5.92 Å². The van der Waals surface area contributed by atoms with Gasteiger partial charge in [0.2, 0.25) is 0 Å². The number of amides is 1. The molecule has 0 spiro atoms. The molecule has 33 heavy (non-hydrogen) atoms. The van der Waals surface area contributed by atoms with E-state index in [0.29, 0.717) is 5.56 Å². The molecule has 3 atom stereocenters. The Hall–Kier alpha value is -3.40. The normalized spacial score (nSPS) is 15.0. The Balaban J connectivity index is 2.25. The van der Waals surface area contributed by atoms with Crippen LogP contribution in [0.25, 0.3) is 0 Å². The molecule has 0 aliphatic rings. The summed E-state index contributed by atoms with van der Waals surface area (Å²) < 4.78 is 56.6. The number of esters is 2. The maximum Gasteiger partial charge on any atom is 0.432 e. The number of benzene rings is 2. The Morgan fingerprint density at radius 3 is 1.97 bits per heavy atom. The standard InChI is InChI=1S/C23H24F3NO6/c1-15(18(20(29)31-2)14-27-19(28)16-10-6-4-7-11-16)33-21(30)22(32-3,23(24,25)26)17-12-8-5-9-13-17/h4-13,15,18H,14H2,1-3H3,(H,27,28)/t15-,18+,22-/m1/s1. The summed E-state index contributed by atoms with van der Waals surface area (Å²) in [6.07, 6.45) is -6.55. The Bertz CT molecular complexity index is 952. The summed E-state index contributed by atoms with van der Waals surface area (Å²) in [5, 5.41) is 2.50. The highest BCUT2D eigenvalue weighted by Crippen LogP contribution is 2.43. The highest BCUT2D eigenvalue weighted by molar-refractivity contribution is 5.94. The van der Waals surface area contributed by atoms with Gasteiger partial charge in [-0.3, -0.25) is 9.59 Å². The van der Waals surface area contributed by atoms with Crippen LogP contribution in [-0.2, 0) is 29.4 Å². The SMILES string of the molecule is COC(=O)[C@@H](CNC(=O)c1ccccc1)[C@@H](C)OC(=O)[C@](OC)(c1ccccc1)C(F)(F)F. The molecule has 0 saturated heterocycles. The van der Waals surface area contributed by atoms with Crippen molar-refractivity contribution in [2.75, 3.05) is 20.8 Å². The third-order valence-corrected chi connectivity index (χ3v) is 5.06. The fraction of sp³-hybridized carbons (Fsp3) is 0.348. The van der Waals surface area contributed by atoms with Gasteiger partial charge in [0.15, 0.2) is 0 Å². The van der Waals surface area contributed by atoms with Gasteiger partial charge in [0, 0.05) is 24.8 Å². The lowest BCUT2D eigenvalue weighted by Gasteiger charge is -2.34. The van der Waals surface area contributed by atoms with Crippen LogP contribution < -0.4 is 5.32 Å². The van der Waals surface area contributed by atoms with Crippen molar-refractivity contribution in [1.82, 2.24) is 5.32 Å². The number of hydrogen-bond donors (Lipinski definition) is 1. The molecule has 0 saturated carbocycles. The van der Waals surface area contributed by atoms with E-state index in [1.165, 1.54) is 25.1 Å². The highest BCUT2D eigenvalue weighted by Gasteiger charge is 2.64. The number of halogens is 3. The van der Waals surface area contributed by atoms with Crippen molar-refractivity contribution in [3.63, 3.8) is 0 Å². The molecule has 2 rings (SSSR count). The molecule has 10 heteroatoms. The Labute approximate surface area is 188 Å². The third-order valence-electron chi connectivity index (χ3n) is 5.06. The fourth-order valence-electron chi connectivity index (χ4n) is 3.21. The number of alkyl halides is 3. The number of carbonyl (C=O) groups excluding carboxylic acids is 3. The zero-order chi connectivity index (χ0) is 24.6. The molecule has 2 aromatic rings. The van der Waals surface area contributed by atoms with E-state index in [2.05, 4.69) is 14.8 Å². The van der Waals surface area contributed by atoms with Gasteiger partial charge >= 0.3 is 18.1 Å². The molecule has 1 N–H and O–H groups in total. The van der Waals surface area contributed by atoms with Crippen LogP contribution in [0.5, 0.6) is 0 Å². The van der Waals surface area contributed by atoms with Gasteiger partial charge in [-0.15, -0.1) is 0 Å². The van der Waals surface area contributed by atoms with Crippen LogP contribution in [-0.4, -0.2) is 50.9 Å². The molecule has 7 nitrogen and oxygen atoms in total. The van der Waals surface area contributed by atoms with Crippen LogP contribution >= 0.6 is 0 Å². The summed E-state index contributed by atoms with van der Waals surface area (Å²) in [5.41, 5.74) is -3.58. The van der Waals surface area contributed by atoms with Crippen LogP contribution in [0, 0.1) is 5.92 Å². The zero-order valence-corrected chi connectivity index (χ0v) is 18.2. The minimum atomic E-state index is -5.16. The van der Waals surface area contributed by atoms with Gasteiger partial charge in [0.1, 0.15) is 12.0 Å². The maximum atomic E-state index is 14.1. The molecule has 0 aliphatic heterocycles. The third kappa shape index (κ3) is 5.70. The van der Waals surface area contributed by atoms with Gasteiger partial charge in [0.25, 0.3) is 11.5 Å². The van der Waals surface area contributed by atoms with Crippen LogP contribution in [0.2, 0.25) is 0 Å². The van der Waals surface area contributed by atoms with Crippen molar-refractivity contribution in [1.29, 1.82) is 0 Å². The molecule has 0 unspecified atom stereocenters. The summed E-state index contributed by atoms with van der Waals surface area (Å²) >= 11 is 0. The first kappa shape index (κ1) is 25.9. The van der Waals surface area contributed by atoms with Gasteiger partial charge < -0.3 is 19.5 Å². The van der Waals surface area contributed by atoms with E-state index >= 15 is 0 Å². The van der Waals surface area contributed by atoms with E-state index in [-0.39, 0.29) is 6.54 Å². The number of ether oxygens (including phenoxy) is 3. The van der Waals surface area contributed by atoms with Crippen LogP contribution in [0.3, 0.4) is 0 Å². The van der Waals surface area contributed by atoms with E-state index in [9.17, 15) is 27.6 Å². The molecule has 0 aliphatic carbocycles. The minimum Gasteiger partial charge on any atom is -0.469 e. The van der Waals surface area contributed by atoms with Crippen molar-refractivity contribution in [3.05, 3.63) is 71.8 Å². The summed E-state index contributed by atoms with van der Waals surface area (Å²) in [7, 11) is 1.81. The lowest BCUT2D eigenvalue weighted by molar-refractivity contribution is -0.278. The quantitative estimate of drug-likeness (QED) is 0.570. The first-order chi connectivity index (χ1) is 15.6. The Kier molecular flexibility index (Phi) is 8.58. The number of hydrogen-bond acceptors (Lipinski definition) is 6. The van der Waals surface area contributed by atoms with Crippen LogP contribution in [0.4, 0.5) is 13.2 Å². The summed E-state index contributed by atoms with van der Waals surface area (Å²) in [6.45, 7) is 0.891. The fourth-order valence-corrected chi connectivity index (χ4v) is 3.21. The summed E-state index contributed by atoms with van der Waals surface area (Å²) in [6, 6.07) is 14.4. The predicted molar refractivity (Wildman–Crippen MR) is 111 cm³/mol. The van der Waals surface area contributed by atoms with Crippen LogP contribution in [0.1, 0.15) is 22.8 Å².